The Kier molecular flexibility index (Phi) is 17.1. The van der Waals surface area contributed by atoms with Gasteiger partial charge in [-0.15, -0.1) is 0 Å². The molecule has 1 aliphatic heterocycles. The van der Waals surface area contributed by atoms with Crippen LogP contribution in [-0.2, 0) is 9.13 Å². The number of benzene rings is 6. The van der Waals surface area contributed by atoms with E-state index < -0.39 is 14.3 Å². The Balaban J connectivity index is 0.000000175. The molecule has 0 spiro atoms. The molecule has 57 heavy (non-hydrogen) atoms. The Bertz CT molecular complexity index is 2040. The van der Waals surface area contributed by atoms with Crippen LogP contribution in [0.25, 0.3) is 0 Å². The summed E-state index contributed by atoms with van der Waals surface area (Å²) < 4.78 is 30.2. The Hall–Kier alpha value is -4.29. The third-order valence-electron chi connectivity index (χ3n) is 10.6. The summed E-state index contributed by atoms with van der Waals surface area (Å²) in [6, 6.07) is 57.8. The van der Waals surface area contributed by atoms with Crippen LogP contribution in [-0.4, -0.2) is 38.1 Å². The largest absolute Gasteiger partial charge is 0.458 e. The molecule has 0 unspecified atom stereocenters. The van der Waals surface area contributed by atoms with Gasteiger partial charge in [0, 0.05) is 21.9 Å². The second kappa shape index (κ2) is 21.5. The van der Waals surface area contributed by atoms with E-state index in [1.165, 1.54) is 21.9 Å². The highest BCUT2D eigenvalue weighted by atomic mass is 31.2. The van der Waals surface area contributed by atoms with Gasteiger partial charge in [0.25, 0.3) is 0 Å². The zero-order valence-electron chi connectivity index (χ0n) is 35.7. The summed E-state index contributed by atoms with van der Waals surface area (Å²) in [6.07, 6.45) is 0. The monoisotopic (exact) mass is 794 g/mol. The van der Waals surface area contributed by atoms with Crippen LogP contribution < -0.4 is 37.2 Å². The molecule has 296 valence electrons. The Morgan fingerprint density at radius 1 is 0.456 bits per heavy atom. The highest BCUT2D eigenvalue weighted by Gasteiger charge is 2.32. The number of hydrogen-bond acceptors (Lipinski definition) is 3. The lowest BCUT2D eigenvalue weighted by molar-refractivity contribution is 0.487. The van der Waals surface area contributed by atoms with Crippen LogP contribution in [0, 0.1) is 0 Å². The highest BCUT2D eigenvalue weighted by molar-refractivity contribution is 7.79. The molecular formula is C50H62B2O3P2. The van der Waals surface area contributed by atoms with E-state index in [0.29, 0.717) is 30.7 Å². The van der Waals surface area contributed by atoms with E-state index in [1.54, 1.807) is 0 Å². The molecule has 0 aromatic heterocycles. The third-order valence-corrected chi connectivity index (χ3v) is 16.7. The summed E-state index contributed by atoms with van der Waals surface area (Å²) in [6.45, 7) is 21.7. The molecule has 0 saturated heterocycles. The number of ether oxygens (including phenoxy) is 1. The summed E-state index contributed by atoms with van der Waals surface area (Å²) in [4.78, 5) is 0. The predicted molar refractivity (Wildman–Crippen MR) is 256 cm³/mol. The molecule has 0 N–H and O–H groups in total. The summed E-state index contributed by atoms with van der Waals surface area (Å²) in [5, 5.41) is 1.89. The van der Waals surface area contributed by atoms with Crippen molar-refractivity contribution in [3.8, 4) is 11.5 Å². The maximum absolute atomic E-state index is 13.3. The Labute approximate surface area is 345 Å². The minimum Gasteiger partial charge on any atom is -0.458 e. The number of para-hydroxylation sites is 2. The average Bonchev–Trinajstić information content (AvgIpc) is 3.21. The van der Waals surface area contributed by atoms with Gasteiger partial charge in [-0.2, -0.15) is 0 Å². The maximum Gasteiger partial charge on any atom is 0.221 e. The van der Waals surface area contributed by atoms with Gasteiger partial charge >= 0.3 is 0 Å². The van der Waals surface area contributed by atoms with E-state index >= 15 is 0 Å². The fourth-order valence-corrected chi connectivity index (χ4v) is 9.71. The van der Waals surface area contributed by atoms with Crippen molar-refractivity contribution in [1.29, 1.82) is 0 Å². The lowest BCUT2D eigenvalue weighted by Gasteiger charge is -2.28. The van der Waals surface area contributed by atoms with Gasteiger partial charge < -0.3 is 13.9 Å². The highest BCUT2D eigenvalue weighted by Crippen LogP contribution is 2.48. The van der Waals surface area contributed by atoms with Crippen molar-refractivity contribution in [1.82, 2.24) is 0 Å². The summed E-state index contributed by atoms with van der Waals surface area (Å²) in [7, 11) is -4.23. The Morgan fingerprint density at radius 3 is 1.07 bits per heavy atom. The van der Waals surface area contributed by atoms with Crippen LogP contribution >= 0.6 is 14.3 Å². The minimum atomic E-state index is -2.50. The first kappa shape index (κ1) is 45.4. The van der Waals surface area contributed by atoms with Crippen LogP contribution in [0.5, 0.6) is 11.5 Å². The first-order chi connectivity index (χ1) is 27.2. The molecule has 0 bridgehead atoms. The molecule has 7 rings (SSSR count). The fourth-order valence-electron chi connectivity index (χ4n) is 6.99. The molecule has 1 heterocycles. The second-order valence-corrected chi connectivity index (χ2v) is 23.7. The van der Waals surface area contributed by atoms with Gasteiger partial charge in [-0.05, 0) is 36.4 Å². The van der Waals surface area contributed by atoms with Crippen LogP contribution in [0.3, 0.4) is 0 Å². The molecule has 0 fully saturated rings. The molecule has 7 heteroatoms. The van der Waals surface area contributed by atoms with E-state index in [9.17, 15) is 9.13 Å². The van der Waals surface area contributed by atoms with Gasteiger partial charge in [-0.1, -0.05) is 236 Å². The molecule has 0 aliphatic carbocycles. The third kappa shape index (κ3) is 12.4. The standard InChI is InChI=1S/C15H15BO.C15H17B.C15H17OP.C5H13OP/c1-11(2)16-12-7-3-5-9-14(12)17-15-10-6-4-8-13(15)16;1-13(2)16(14-9-5-3-6-10-14)15-11-7-4-8-12-15;1-13(2)17(16,14-9-5-3-6-10-14)15-11-7-4-8-12-15;1-5(2)7(3,4)6/h3-11H,1-2H3;3-13H,1-2H3;3-13H,1-2H3;5H,1-4H3. The van der Waals surface area contributed by atoms with Crippen LogP contribution in [0.4, 0.5) is 0 Å². The second-order valence-electron chi connectivity index (χ2n) is 16.4. The zero-order valence-corrected chi connectivity index (χ0v) is 37.5. The van der Waals surface area contributed by atoms with E-state index in [1.807, 2.05) is 114 Å². The summed E-state index contributed by atoms with van der Waals surface area (Å²) in [5.74, 6) is 3.20. The van der Waals surface area contributed by atoms with Gasteiger partial charge in [0.1, 0.15) is 18.6 Å². The molecule has 1 aliphatic rings. The van der Waals surface area contributed by atoms with E-state index in [-0.39, 0.29) is 5.66 Å². The van der Waals surface area contributed by atoms with Crippen molar-refractivity contribution in [3.05, 3.63) is 170 Å². The summed E-state index contributed by atoms with van der Waals surface area (Å²) in [5.41, 5.74) is 5.90. The molecule has 6 aromatic carbocycles. The molecule has 6 aromatic rings. The SMILES string of the molecule is CC(C)B(c1ccccc1)c1ccccc1.CC(C)B1c2ccccc2Oc2ccccc21.CC(C)P(=O)(c1ccccc1)c1ccccc1.CC(C)P(C)(C)=O. The van der Waals surface area contributed by atoms with Gasteiger partial charge in [-0.25, -0.2) is 0 Å². The zero-order chi connectivity index (χ0) is 41.6. The number of fused-ring (bicyclic) bond motifs is 2. The normalized spacial score (nSPS) is 11.9. The van der Waals surface area contributed by atoms with Crippen molar-refractivity contribution in [3.63, 3.8) is 0 Å². The average molecular weight is 795 g/mol. The van der Waals surface area contributed by atoms with Crippen LogP contribution in [0.2, 0.25) is 11.6 Å². The molecule has 0 saturated carbocycles. The first-order valence-corrected chi connectivity index (χ1v) is 24.8. The van der Waals surface area contributed by atoms with Gasteiger partial charge in [0.15, 0.2) is 0 Å². The number of hydrogen-bond donors (Lipinski definition) is 0. The molecule has 0 amide bonds. The van der Waals surface area contributed by atoms with Crippen molar-refractivity contribution < 1.29 is 13.9 Å². The Morgan fingerprint density at radius 2 is 0.772 bits per heavy atom. The first-order valence-electron chi connectivity index (χ1n) is 20.4. The molecule has 3 nitrogen and oxygen atoms in total. The van der Waals surface area contributed by atoms with Crippen molar-refractivity contribution in [2.75, 3.05) is 13.3 Å². The van der Waals surface area contributed by atoms with Gasteiger partial charge in [-0.3, -0.25) is 0 Å². The van der Waals surface area contributed by atoms with Gasteiger partial charge in [0.05, 0.1) is 7.14 Å². The van der Waals surface area contributed by atoms with E-state index in [0.717, 1.165) is 22.1 Å². The molecule has 0 atom stereocenters. The fraction of sp³-hybridized carbons (Fsp3) is 0.280. The van der Waals surface area contributed by atoms with Gasteiger partial charge in [0.2, 0.25) is 13.4 Å². The lowest BCUT2D eigenvalue weighted by Crippen LogP contribution is -2.48. The predicted octanol–water partition coefficient (Wildman–Crippen LogP) is 10.9. The lowest BCUT2D eigenvalue weighted by atomic mass is 9.33. The molecular weight excluding hydrogens is 732 g/mol. The summed E-state index contributed by atoms with van der Waals surface area (Å²) >= 11 is 0. The minimum absolute atomic E-state index is 0.118. The van der Waals surface area contributed by atoms with Crippen molar-refractivity contribution in [2.45, 2.75) is 78.3 Å². The van der Waals surface area contributed by atoms with E-state index in [4.69, 9.17) is 4.74 Å². The van der Waals surface area contributed by atoms with Crippen LogP contribution in [0.15, 0.2) is 170 Å². The number of rotatable bonds is 8. The van der Waals surface area contributed by atoms with Crippen molar-refractivity contribution >= 4 is 60.2 Å². The van der Waals surface area contributed by atoms with Crippen molar-refractivity contribution in [2.24, 2.45) is 0 Å². The van der Waals surface area contributed by atoms with Crippen LogP contribution in [0.1, 0.15) is 55.4 Å². The smallest absolute Gasteiger partial charge is 0.221 e. The van der Waals surface area contributed by atoms with E-state index in [2.05, 4.69) is 125 Å². The quantitative estimate of drug-likeness (QED) is 0.114. The topological polar surface area (TPSA) is 43.4 Å². The maximum atomic E-state index is 13.3. The molecule has 0 radical (unpaired) electrons.